The fraction of sp³-hybridized carbons (Fsp3) is 0.0952. The van der Waals surface area contributed by atoms with Gasteiger partial charge in [-0.25, -0.2) is 4.79 Å². The van der Waals surface area contributed by atoms with E-state index >= 15 is 0 Å². The zero-order chi connectivity index (χ0) is 21.4. The van der Waals surface area contributed by atoms with Gasteiger partial charge < -0.3 is 14.8 Å². The van der Waals surface area contributed by atoms with Gasteiger partial charge in [0, 0.05) is 5.69 Å². The van der Waals surface area contributed by atoms with Crippen molar-refractivity contribution in [2.75, 3.05) is 19.0 Å². The minimum absolute atomic E-state index is 0.0814. The molecule has 2 rings (SSSR count). The second kappa shape index (κ2) is 10.6. The van der Waals surface area contributed by atoms with E-state index in [0.29, 0.717) is 27.0 Å². The maximum absolute atomic E-state index is 12.4. The third-order valence-corrected chi connectivity index (χ3v) is 4.95. The van der Waals surface area contributed by atoms with Gasteiger partial charge in [0.1, 0.15) is 24.0 Å². The number of rotatable bonds is 6. The van der Waals surface area contributed by atoms with Crippen molar-refractivity contribution < 1.29 is 19.1 Å². The fourth-order valence-electron chi connectivity index (χ4n) is 2.24. The Morgan fingerprint density at radius 1 is 1.31 bits per heavy atom. The second-order valence-electron chi connectivity index (χ2n) is 5.50. The van der Waals surface area contributed by atoms with Crippen molar-refractivity contribution in [2.45, 2.75) is 0 Å². The summed E-state index contributed by atoms with van der Waals surface area (Å²) in [6.45, 7) is 0.129. The molecule has 0 saturated carbocycles. The summed E-state index contributed by atoms with van der Waals surface area (Å²) in [7, 11) is 1.29. The van der Waals surface area contributed by atoms with E-state index in [1.165, 1.54) is 25.3 Å². The molecule has 0 heterocycles. The lowest BCUT2D eigenvalue weighted by Gasteiger charge is -2.09. The highest BCUT2D eigenvalue weighted by atomic mass is 127. The first-order chi connectivity index (χ1) is 13.9. The number of anilines is 1. The normalized spacial score (nSPS) is 10.4. The average molecular weight is 565 g/mol. The SMILES string of the molecule is C#CCOc1c(Br)cc(/C=C(\C#N)C(=O)Nc2ccc(C(=O)OC)cc2)cc1I. The molecule has 146 valence electrons. The molecule has 2 aromatic rings. The summed E-state index contributed by atoms with van der Waals surface area (Å²) in [6.07, 6.45) is 6.68. The van der Waals surface area contributed by atoms with Crippen molar-refractivity contribution in [1.29, 1.82) is 5.26 Å². The van der Waals surface area contributed by atoms with Crippen molar-refractivity contribution in [1.82, 2.24) is 0 Å². The number of terminal acetylenes is 1. The first kappa shape index (κ1) is 22.5. The maximum atomic E-state index is 12.4. The van der Waals surface area contributed by atoms with E-state index in [9.17, 15) is 14.9 Å². The summed E-state index contributed by atoms with van der Waals surface area (Å²) < 4.78 is 11.5. The highest BCUT2D eigenvalue weighted by molar-refractivity contribution is 14.1. The molecule has 1 amide bonds. The van der Waals surface area contributed by atoms with Crippen molar-refractivity contribution in [3.8, 4) is 24.2 Å². The first-order valence-electron chi connectivity index (χ1n) is 8.06. The van der Waals surface area contributed by atoms with Crippen molar-refractivity contribution in [3.63, 3.8) is 0 Å². The number of methoxy groups -OCH3 is 1. The lowest BCUT2D eigenvalue weighted by atomic mass is 10.1. The molecule has 0 spiro atoms. The van der Waals surface area contributed by atoms with Gasteiger partial charge in [0.05, 0.1) is 20.7 Å². The Bertz CT molecular complexity index is 1030. The molecule has 1 N–H and O–H groups in total. The molecule has 0 saturated heterocycles. The minimum atomic E-state index is -0.572. The Morgan fingerprint density at radius 2 is 2.00 bits per heavy atom. The van der Waals surface area contributed by atoms with E-state index in [0.717, 1.165) is 3.57 Å². The van der Waals surface area contributed by atoms with Gasteiger partial charge in [-0.05, 0) is 86.6 Å². The number of benzene rings is 2. The summed E-state index contributed by atoms with van der Waals surface area (Å²) in [5.74, 6) is 1.94. The zero-order valence-corrected chi connectivity index (χ0v) is 18.9. The predicted octanol–water partition coefficient (Wildman–Crippen LogP) is 4.40. The zero-order valence-electron chi connectivity index (χ0n) is 15.2. The van der Waals surface area contributed by atoms with Crippen molar-refractivity contribution in [3.05, 3.63) is 61.1 Å². The molecule has 0 radical (unpaired) electrons. The van der Waals surface area contributed by atoms with E-state index in [4.69, 9.17) is 11.2 Å². The quantitative estimate of drug-likeness (QED) is 0.185. The number of carbonyl (C=O) groups is 2. The van der Waals surface area contributed by atoms with Crippen LogP contribution in [0.5, 0.6) is 5.75 Å². The molecule has 0 aliphatic heterocycles. The Kier molecular flexibility index (Phi) is 8.25. The molecule has 0 atom stereocenters. The molecule has 29 heavy (non-hydrogen) atoms. The second-order valence-corrected chi connectivity index (χ2v) is 7.52. The molecule has 8 heteroatoms. The highest BCUT2D eigenvalue weighted by Crippen LogP contribution is 2.32. The van der Waals surface area contributed by atoms with Crippen LogP contribution in [-0.2, 0) is 9.53 Å². The molecule has 0 bridgehead atoms. The number of ether oxygens (including phenoxy) is 2. The third-order valence-electron chi connectivity index (χ3n) is 3.56. The molecule has 6 nitrogen and oxygen atoms in total. The van der Waals surface area contributed by atoms with Gasteiger partial charge >= 0.3 is 5.97 Å². The number of esters is 1. The van der Waals surface area contributed by atoms with Crippen LogP contribution in [0.2, 0.25) is 0 Å². The van der Waals surface area contributed by atoms with Crippen LogP contribution in [0, 0.1) is 27.2 Å². The van der Waals surface area contributed by atoms with Crippen LogP contribution in [0.3, 0.4) is 0 Å². The molecular formula is C21H14BrIN2O4. The standard InChI is InChI=1S/C21H14BrIN2O4/c1-3-8-29-19-17(22)10-13(11-18(19)23)9-15(12-24)20(26)25-16-6-4-14(5-7-16)21(27)28-2/h1,4-7,9-11H,8H2,2H3,(H,25,26)/b15-9+. The smallest absolute Gasteiger partial charge is 0.337 e. The number of nitrogens with one attached hydrogen (secondary N) is 1. The number of halogens is 2. The van der Waals surface area contributed by atoms with E-state index in [1.54, 1.807) is 24.3 Å². The van der Waals surface area contributed by atoms with Crippen LogP contribution in [0.25, 0.3) is 6.08 Å². The van der Waals surface area contributed by atoms with Crippen molar-refractivity contribution >= 4 is 62.2 Å². The van der Waals surface area contributed by atoms with Gasteiger partial charge in [-0.15, -0.1) is 6.42 Å². The number of amides is 1. The average Bonchev–Trinajstić information content (AvgIpc) is 2.71. The van der Waals surface area contributed by atoms with E-state index in [1.807, 2.05) is 6.07 Å². The Hall–Kier alpha value is -2.82. The lowest BCUT2D eigenvalue weighted by Crippen LogP contribution is -2.13. The minimum Gasteiger partial charge on any atom is -0.479 e. The fourth-order valence-corrected chi connectivity index (χ4v) is 4.00. The largest absolute Gasteiger partial charge is 0.479 e. The number of carbonyl (C=O) groups excluding carboxylic acids is 2. The monoisotopic (exact) mass is 564 g/mol. The first-order valence-corrected chi connectivity index (χ1v) is 9.93. The van der Waals surface area contributed by atoms with E-state index in [2.05, 4.69) is 54.5 Å². The van der Waals surface area contributed by atoms with Gasteiger partial charge in [-0.2, -0.15) is 5.26 Å². The molecule has 0 aliphatic carbocycles. The maximum Gasteiger partial charge on any atom is 0.337 e. The van der Waals surface area contributed by atoms with Gasteiger partial charge in [-0.3, -0.25) is 4.79 Å². The number of hydrogen-bond donors (Lipinski definition) is 1. The van der Waals surface area contributed by atoms with Crippen LogP contribution < -0.4 is 10.1 Å². The summed E-state index contributed by atoms with van der Waals surface area (Å²) in [4.78, 5) is 23.9. The van der Waals surface area contributed by atoms with Crippen LogP contribution in [0.4, 0.5) is 5.69 Å². The van der Waals surface area contributed by atoms with Gasteiger partial charge in [-0.1, -0.05) is 5.92 Å². The Morgan fingerprint density at radius 3 is 2.55 bits per heavy atom. The van der Waals surface area contributed by atoms with E-state index < -0.39 is 11.9 Å². The Labute approximate surface area is 190 Å². The lowest BCUT2D eigenvalue weighted by molar-refractivity contribution is -0.112. The summed E-state index contributed by atoms with van der Waals surface area (Å²) >= 11 is 5.49. The van der Waals surface area contributed by atoms with Gasteiger partial charge in [0.15, 0.2) is 0 Å². The van der Waals surface area contributed by atoms with E-state index in [-0.39, 0.29) is 12.2 Å². The predicted molar refractivity (Wildman–Crippen MR) is 121 cm³/mol. The number of hydrogen-bond acceptors (Lipinski definition) is 5. The topological polar surface area (TPSA) is 88.4 Å². The molecule has 0 fully saturated rings. The van der Waals surface area contributed by atoms with Gasteiger partial charge in [0.25, 0.3) is 5.91 Å². The van der Waals surface area contributed by atoms with Crippen LogP contribution in [-0.4, -0.2) is 25.6 Å². The summed E-state index contributed by atoms with van der Waals surface area (Å²) in [5.41, 5.74) is 1.36. The summed E-state index contributed by atoms with van der Waals surface area (Å²) in [5, 5.41) is 12.0. The third kappa shape index (κ3) is 6.08. The number of nitriles is 1. The highest BCUT2D eigenvalue weighted by Gasteiger charge is 2.13. The Balaban J connectivity index is 2.21. The van der Waals surface area contributed by atoms with Crippen LogP contribution >= 0.6 is 38.5 Å². The number of nitrogens with zero attached hydrogens (tertiary/aromatic N) is 1. The summed E-state index contributed by atoms with van der Waals surface area (Å²) in [6, 6.07) is 11.5. The van der Waals surface area contributed by atoms with Crippen molar-refractivity contribution in [2.24, 2.45) is 0 Å². The molecule has 2 aromatic carbocycles. The molecular weight excluding hydrogens is 551 g/mol. The van der Waals surface area contributed by atoms with Crippen LogP contribution in [0.15, 0.2) is 46.4 Å². The molecule has 0 unspecified atom stereocenters. The molecule has 0 aliphatic rings. The van der Waals surface area contributed by atoms with Crippen LogP contribution in [0.1, 0.15) is 15.9 Å². The molecule has 0 aromatic heterocycles. The van der Waals surface area contributed by atoms with Gasteiger partial charge in [0.2, 0.25) is 0 Å².